The number of phosphoric acid groups is 1. The highest BCUT2D eigenvalue weighted by atomic mass is 31.2. The van der Waals surface area contributed by atoms with Crippen molar-refractivity contribution in [2.45, 2.75) is 214 Å². The van der Waals surface area contributed by atoms with Crippen molar-refractivity contribution in [3.63, 3.8) is 0 Å². The number of phenolic OH excluding ortho intramolecular Hbond substituents is 2. The van der Waals surface area contributed by atoms with E-state index in [0.717, 1.165) is 37.3 Å². The van der Waals surface area contributed by atoms with Gasteiger partial charge in [-0.05, 0) is 42.8 Å². The lowest BCUT2D eigenvalue weighted by molar-refractivity contribution is -0.357. The summed E-state index contributed by atoms with van der Waals surface area (Å²) < 4.78 is 77.4. The van der Waals surface area contributed by atoms with Crippen molar-refractivity contribution in [2.75, 3.05) is 33.0 Å². The van der Waals surface area contributed by atoms with Gasteiger partial charge in [-0.15, -0.1) is 5.10 Å². The molecular weight excluding hydrogens is 1360 g/mol. The summed E-state index contributed by atoms with van der Waals surface area (Å²) in [5.41, 5.74) is 10.6. The number of carbonyl (C=O) groups excluding carboxylic acids is 6. The lowest BCUT2D eigenvalue weighted by Gasteiger charge is -2.49. The summed E-state index contributed by atoms with van der Waals surface area (Å²) in [5.74, 6) is -4.64. The van der Waals surface area contributed by atoms with Crippen LogP contribution in [0.4, 0.5) is 4.79 Å². The zero-order valence-electron chi connectivity index (χ0n) is 55.6. The predicted octanol–water partition coefficient (Wildman–Crippen LogP) is 1.13. The second-order valence-electron chi connectivity index (χ2n) is 25.2. The summed E-state index contributed by atoms with van der Waals surface area (Å²) in [7, 11) is -5.32. The number of phosphoric ester groups is 1. The number of hydrogen-bond donors (Lipinski definition) is 14. The molecule has 0 radical (unpaired) electrons. The van der Waals surface area contributed by atoms with Gasteiger partial charge in [-0.25, -0.2) is 18.8 Å². The molecule has 0 aliphatic carbocycles. The number of ether oxygens (including phenoxy) is 9. The maximum absolute atomic E-state index is 13.8. The number of benzene rings is 3. The summed E-state index contributed by atoms with van der Waals surface area (Å²) in [4.78, 5) is 90.0. The minimum absolute atomic E-state index is 0.0337. The van der Waals surface area contributed by atoms with Gasteiger partial charge in [-0.3, -0.25) is 28.2 Å². The fourth-order valence-electron chi connectivity index (χ4n) is 12.8. The van der Waals surface area contributed by atoms with E-state index in [1.807, 2.05) is 0 Å². The minimum Gasteiger partial charge on any atom is -0.508 e. The summed E-state index contributed by atoms with van der Waals surface area (Å²) in [6.07, 6.45) is -10.7. The monoisotopic (exact) mass is 1440 g/mol. The van der Waals surface area contributed by atoms with Crippen molar-refractivity contribution in [3.05, 3.63) is 94.3 Å². The van der Waals surface area contributed by atoms with E-state index in [2.05, 4.69) is 33.2 Å². The molecule has 3 saturated heterocycles. The number of unbranched alkanes of at least 4 members (excludes halogenated alkanes) is 13. The molecule has 9 rings (SSSR count). The number of aromatic hydroxyl groups is 2. The highest BCUT2D eigenvalue weighted by molar-refractivity contribution is 7.47. The van der Waals surface area contributed by atoms with Gasteiger partial charge in [0, 0.05) is 47.9 Å². The van der Waals surface area contributed by atoms with Crippen LogP contribution in [0.25, 0.3) is 0 Å². The summed E-state index contributed by atoms with van der Waals surface area (Å²) in [6.45, 7) is -0.156. The van der Waals surface area contributed by atoms with Gasteiger partial charge in [0.25, 0.3) is 5.91 Å². The lowest BCUT2D eigenvalue weighted by atomic mass is 9.77. The molecule has 1 aromatic heterocycles. The number of aliphatic hydroxyl groups excluding tert-OH is 6. The van der Waals surface area contributed by atoms with Crippen LogP contribution in [0.15, 0.2) is 60.8 Å². The molecule has 16 atom stereocenters. The molecule has 101 heavy (non-hydrogen) atoms. The first kappa shape index (κ1) is 77.6. The van der Waals surface area contributed by atoms with E-state index in [-0.39, 0.29) is 53.0 Å². The molecule has 6 heterocycles. The van der Waals surface area contributed by atoms with Crippen LogP contribution in [0.5, 0.6) is 23.0 Å². The van der Waals surface area contributed by atoms with Gasteiger partial charge in [0.2, 0.25) is 17.7 Å². The zero-order chi connectivity index (χ0) is 72.7. The van der Waals surface area contributed by atoms with Crippen LogP contribution < -0.4 is 32.2 Å². The van der Waals surface area contributed by atoms with Gasteiger partial charge >= 0.3 is 19.9 Å². The number of phenols is 2. The van der Waals surface area contributed by atoms with Gasteiger partial charge in [0.1, 0.15) is 90.0 Å². The molecule has 1 spiro atoms. The Morgan fingerprint density at radius 1 is 0.673 bits per heavy atom. The Morgan fingerprint density at radius 3 is 1.85 bits per heavy atom. The Bertz CT molecular complexity index is 3500. The predicted molar refractivity (Wildman–Crippen MR) is 344 cm³/mol. The number of aliphatic hydroxyl groups is 6. The number of carbonyl (C=O) groups is 6. The average molecular weight is 1450 g/mol. The summed E-state index contributed by atoms with van der Waals surface area (Å²) >= 11 is 0. The summed E-state index contributed by atoms with van der Waals surface area (Å²) in [6, 6.07) is 9.19. The number of nitrogens with two attached hydrogens (primary N) is 2. The molecule has 35 nitrogen and oxygen atoms in total. The Morgan fingerprint density at radius 2 is 1.26 bits per heavy atom. The first-order valence-electron chi connectivity index (χ1n) is 33.5. The molecule has 0 saturated carbocycles. The van der Waals surface area contributed by atoms with Crippen molar-refractivity contribution in [3.8, 4) is 23.0 Å². The molecule has 4 aromatic rings. The van der Waals surface area contributed by atoms with Crippen LogP contribution in [0, 0.1) is 0 Å². The maximum Gasteiger partial charge on any atom is 0.474 e. The fourth-order valence-corrected chi connectivity index (χ4v) is 13.6. The van der Waals surface area contributed by atoms with Gasteiger partial charge in [-0.2, -0.15) is 0 Å². The number of esters is 1. The second kappa shape index (κ2) is 35.6. The minimum atomic E-state index is -5.32. The van der Waals surface area contributed by atoms with Crippen LogP contribution in [0.2, 0.25) is 0 Å². The molecule has 16 N–H and O–H groups in total. The SMILES string of the molecule is CCCCCCCCCCCCCCCCOCCOP(=O)(O)O[C@@H]1OC(C(N)=O)[C@@H](O)[C@H](OC(N)=O)C1O[C@@H]1OC(CO)[C@@H](O[C@@H]2OC(CO)[C@H](O)[C@H](O)C2NC(=O)Cn2cc(CNC(=O)c3ccc4c(c3)C(=O)OC43c4ccc(O)cc4Oc4cc(O)ccc43)nn2)[C@H](O)C1NC(C)=O. The van der Waals surface area contributed by atoms with Crippen LogP contribution in [0.3, 0.4) is 0 Å². The fraction of sp³-hybridized carbons (Fsp3) is 0.600. The topological polar surface area (TPSA) is 522 Å². The van der Waals surface area contributed by atoms with Crippen LogP contribution in [0.1, 0.15) is 147 Å². The molecule has 556 valence electrons. The van der Waals surface area contributed by atoms with Crippen molar-refractivity contribution >= 4 is 43.5 Å². The van der Waals surface area contributed by atoms with Crippen LogP contribution in [-0.4, -0.2) is 221 Å². The van der Waals surface area contributed by atoms with Gasteiger partial charge < -0.3 is 116 Å². The van der Waals surface area contributed by atoms with Crippen molar-refractivity contribution in [2.24, 2.45) is 11.5 Å². The quantitative estimate of drug-likeness (QED) is 0.0172. The largest absolute Gasteiger partial charge is 0.508 e. The molecule has 5 aliphatic rings. The van der Waals surface area contributed by atoms with E-state index in [9.17, 15) is 79.1 Å². The molecule has 3 aromatic carbocycles. The number of hydrogen-bond acceptors (Lipinski definition) is 28. The van der Waals surface area contributed by atoms with Gasteiger partial charge in [0.15, 0.2) is 42.8 Å². The number of rotatable bonds is 36. The van der Waals surface area contributed by atoms with E-state index in [0.29, 0.717) is 29.7 Å². The number of nitrogens with one attached hydrogen (secondary N) is 3. The Labute approximate surface area is 579 Å². The molecule has 0 bridgehead atoms. The first-order chi connectivity index (χ1) is 48.4. The van der Waals surface area contributed by atoms with Crippen molar-refractivity contribution in [1.82, 2.24) is 30.9 Å². The van der Waals surface area contributed by atoms with Crippen LogP contribution in [-0.2, 0) is 84.6 Å². The number of amides is 5. The normalized spacial score (nSPS) is 27.0. The van der Waals surface area contributed by atoms with E-state index < -0.39 is 167 Å². The Balaban J connectivity index is 0.814. The second-order valence-corrected chi connectivity index (χ2v) is 26.6. The lowest BCUT2D eigenvalue weighted by Crippen LogP contribution is -2.70. The third-order valence-corrected chi connectivity index (χ3v) is 18.8. The zero-order valence-corrected chi connectivity index (χ0v) is 56.5. The first-order valence-corrected chi connectivity index (χ1v) is 35.0. The van der Waals surface area contributed by atoms with Gasteiger partial charge in [0.05, 0.1) is 44.7 Å². The van der Waals surface area contributed by atoms with Gasteiger partial charge in [-0.1, -0.05) is 102 Å². The molecule has 7 unspecified atom stereocenters. The summed E-state index contributed by atoms with van der Waals surface area (Å²) in [5, 5.41) is 103. The maximum atomic E-state index is 13.8. The highest BCUT2D eigenvalue weighted by Crippen LogP contribution is 2.57. The third-order valence-electron chi connectivity index (χ3n) is 17.8. The van der Waals surface area contributed by atoms with E-state index in [1.165, 1.54) is 119 Å². The van der Waals surface area contributed by atoms with Crippen LogP contribution >= 0.6 is 7.82 Å². The Hall–Kier alpha value is -7.55. The van der Waals surface area contributed by atoms with E-state index >= 15 is 0 Å². The van der Waals surface area contributed by atoms with Crippen molar-refractivity contribution in [1.29, 1.82) is 0 Å². The average Bonchev–Trinajstić information content (AvgIpc) is 1.60. The third kappa shape index (κ3) is 19.2. The number of aromatic nitrogens is 3. The number of fused-ring (bicyclic) bond motifs is 6. The number of nitrogens with zero attached hydrogens (tertiary/aromatic N) is 3. The molecule has 36 heteroatoms. The highest BCUT2D eigenvalue weighted by Gasteiger charge is 2.58. The molecule has 3 fully saturated rings. The van der Waals surface area contributed by atoms with Crippen molar-refractivity contribution < 1.29 is 131 Å². The number of primary amides is 2. The molecule has 5 aliphatic heterocycles. The van der Waals surface area contributed by atoms with E-state index in [1.54, 1.807) is 0 Å². The Kier molecular flexibility index (Phi) is 27.3. The smallest absolute Gasteiger partial charge is 0.474 e. The molecular formula is C65H89N8O27P. The van der Waals surface area contributed by atoms with E-state index in [4.69, 9.17) is 63.1 Å². The molecule has 5 amide bonds. The standard InChI is InChI=1S/C65H89N8O27P/c1-3-4-5-6-7-8-9-10-11-12-13-14-15-16-23-90-24-25-91-101(88,89)100-63-57(55(98-64(67)87)53(83)56(96-63)58(66)84)97-62-49(69-34(2)76)52(82)54(46(33-75)94-62)95-61-48(51(81)50(80)45(32-74)93-61)70-47(79)31-73-30-36(71-72-73)29-68-59(85)35-17-20-40-39(26-35)60(86)99-65(40)41-21-18-37(77)27-43(41)92-44-28-38(78)19-22-42(44)65/h17-22,26-28,30,45-46,48-57,61-63,74-75,77-78,80-83H,3-16,23-25,29,31-33H2,1-2H3,(H2,66,84)(H2,67,87)(H,68,85)(H,69,76)(H,70,79)(H,88,89)/t45?,46?,48?,49?,50-,51+,52+,53-,54+,55-,56?,57?,61-,62-,63-/m0/s1.